The Morgan fingerprint density at radius 2 is 1.90 bits per heavy atom. The van der Waals surface area contributed by atoms with Crippen LogP contribution in [0.4, 0.5) is 11.4 Å². The monoisotopic (exact) mass is 273 g/mol. The predicted molar refractivity (Wildman–Crippen MR) is 84.2 cm³/mol. The molecule has 0 unspecified atom stereocenters. The van der Waals surface area contributed by atoms with Gasteiger partial charge in [0, 0.05) is 31.0 Å². The average Bonchev–Trinajstić information content (AvgIpc) is 2.52. The number of hydrogen-bond donors (Lipinski definition) is 2. The van der Waals surface area contributed by atoms with E-state index in [0.717, 1.165) is 18.8 Å². The second-order valence-electron chi connectivity index (χ2n) is 5.04. The van der Waals surface area contributed by atoms with Crippen LogP contribution in [0.25, 0.3) is 0 Å². The van der Waals surface area contributed by atoms with E-state index >= 15 is 0 Å². The Hall–Kier alpha value is -1.97. The van der Waals surface area contributed by atoms with Crippen molar-refractivity contribution in [2.24, 2.45) is 0 Å². The molecular formula is C16H23N3O. The van der Waals surface area contributed by atoms with E-state index in [4.69, 9.17) is 0 Å². The number of rotatable bonds is 6. The zero-order valence-corrected chi connectivity index (χ0v) is 11.9. The maximum absolute atomic E-state index is 11.5. The molecule has 0 atom stereocenters. The zero-order valence-electron chi connectivity index (χ0n) is 11.9. The molecule has 0 saturated carbocycles. The van der Waals surface area contributed by atoms with Gasteiger partial charge in [0.1, 0.15) is 0 Å². The lowest BCUT2D eigenvalue weighted by atomic mass is 10.1. The Bertz CT molecular complexity index is 436. The minimum atomic E-state index is -0.0231. The van der Waals surface area contributed by atoms with Crippen LogP contribution in [0.1, 0.15) is 19.3 Å². The highest BCUT2D eigenvalue weighted by molar-refractivity contribution is 5.80. The molecule has 0 aliphatic carbocycles. The van der Waals surface area contributed by atoms with Gasteiger partial charge in [0.15, 0.2) is 0 Å². The molecule has 108 valence electrons. The fourth-order valence-electron chi connectivity index (χ4n) is 2.37. The van der Waals surface area contributed by atoms with Crippen LogP contribution in [-0.2, 0) is 4.79 Å². The molecule has 0 spiro atoms. The molecule has 1 fully saturated rings. The Morgan fingerprint density at radius 1 is 1.20 bits per heavy atom. The normalized spacial score (nSPS) is 14.7. The van der Waals surface area contributed by atoms with E-state index in [1.807, 2.05) is 12.1 Å². The molecule has 4 nitrogen and oxygen atoms in total. The van der Waals surface area contributed by atoms with Gasteiger partial charge in [-0.05, 0) is 43.5 Å². The van der Waals surface area contributed by atoms with Crippen molar-refractivity contribution in [3.63, 3.8) is 0 Å². The van der Waals surface area contributed by atoms with E-state index in [-0.39, 0.29) is 12.5 Å². The van der Waals surface area contributed by atoms with Crippen molar-refractivity contribution in [1.82, 2.24) is 5.32 Å². The van der Waals surface area contributed by atoms with Crippen molar-refractivity contribution in [2.45, 2.75) is 19.3 Å². The standard InChI is InChI=1S/C16H23N3O/c1-2-10-17-16(20)13-18-14-6-8-15(9-7-14)19-11-4-3-5-12-19/h2,6-9,18H,1,3-5,10-13H2,(H,17,20). The van der Waals surface area contributed by atoms with Gasteiger partial charge >= 0.3 is 0 Å². The van der Waals surface area contributed by atoms with Crippen molar-refractivity contribution in [1.29, 1.82) is 0 Å². The molecule has 20 heavy (non-hydrogen) atoms. The first-order valence-corrected chi connectivity index (χ1v) is 7.26. The summed E-state index contributed by atoms with van der Waals surface area (Å²) in [6.07, 6.45) is 5.58. The first-order chi connectivity index (χ1) is 9.79. The molecule has 2 rings (SSSR count). The number of amides is 1. The maximum atomic E-state index is 11.5. The lowest BCUT2D eigenvalue weighted by molar-refractivity contribution is -0.119. The SMILES string of the molecule is C=CCNC(=O)CNc1ccc(N2CCCCC2)cc1. The van der Waals surface area contributed by atoms with E-state index in [1.165, 1.54) is 24.9 Å². The third-order valence-electron chi connectivity index (χ3n) is 3.49. The molecule has 4 heteroatoms. The van der Waals surface area contributed by atoms with Crippen LogP contribution in [0.5, 0.6) is 0 Å². The van der Waals surface area contributed by atoms with Crippen molar-refractivity contribution in [3.8, 4) is 0 Å². The van der Waals surface area contributed by atoms with Crippen molar-refractivity contribution >= 4 is 17.3 Å². The highest BCUT2D eigenvalue weighted by Crippen LogP contribution is 2.21. The molecule has 1 aliphatic rings. The van der Waals surface area contributed by atoms with Crippen molar-refractivity contribution in [2.75, 3.05) is 36.4 Å². The largest absolute Gasteiger partial charge is 0.376 e. The summed E-state index contributed by atoms with van der Waals surface area (Å²) in [6.45, 7) is 6.66. The van der Waals surface area contributed by atoms with Crippen LogP contribution < -0.4 is 15.5 Å². The van der Waals surface area contributed by atoms with Gasteiger partial charge in [-0.25, -0.2) is 0 Å². The van der Waals surface area contributed by atoms with Gasteiger partial charge in [0.05, 0.1) is 6.54 Å². The number of nitrogens with one attached hydrogen (secondary N) is 2. The number of piperidine rings is 1. The van der Waals surface area contributed by atoms with Crippen molar-refractivity contribution in [3.05, 3.63) is 36.9 Å². The van der Waals surface area contributed by atoms with Gasteiger partial charge in [0.25, 0.3) is 0 Å². The summed E-state index contributed by atoms with van der Waals surface area (Å²) < 4.78 is 0. The van der Waals surface area contributed by atoms with E-state index in [9.17, 15) is 4.79 Å². The third-order valence-corrected chi connectivity index (χ3v) is 3.49. The van der Waals surface area contributed by atoms with Crippen LogP contribution in [0.15, 0.2) is 36.9 Å². The van der Waals surface area contributed by atoms with E-state index in [0.29, 0.717) is 6.54 Å². The molecule has 1 saturated heterocycles. The Balaban J connectivity index is 1.81. The van der Waals surface area contributed by atoms with Gasteiger partial charge in [0.2, 0.25) is 5.91 Å². The van der Waals surface area contributed by atoms with E-state index < -0.39 is 0 Å². The zero-order chi connectivity index (χ0) is 14.2. The Kier molecular flexibility index (Phi) is 5.47. The van der Waals surface area contributed by atoms with Gasteiger partial charge in [-0.3, -0.25) is 4.79 Å². The highest BCUT2D eigenvalue weighted by atomic mass is 16.1. The van der Waals surface area contributed by atoms with Crippen LogP contribution in [0, 0.1) is 0 Å². The molecule has 1 aromatic carbocycles. The summed E-state index contributed by atoms with van der Waals surface area (Å²) >= 11 is 0. The van der Waals surface area contributed by atoms with Gasteiger partial charge < -0.3 is 15.5 Å². The van der Waals surface area contributed by atoms with E-state index in [1.54, 1.807) is 6.08 Å². The lowest BCUT2D eigenvalue weighted by Crippen LogP contribution is -2.30. The molecule has 2 N–H and O–H groups in total. The molecule has 1 aromatic rings. The molecule has 1 heterocycles. The summed E-state index contributed by atoms with van der Waals surface area (Å²) in [6, 6.07) is 8.31. The molecule has 1 amide bonds. The first kappa shape index (κ1) is 14.4. The van der Waals surface area contributed by atoms with Crippen LogP contribution in [0.2, 0.25) is 0 Å². The first-order valence-electron chi connectivity index (χ1n) is 7.26. The highest BCUT2D eigenvalue weighted by Gasteiger charge is 2.10. The quantitative estimate of drug-likeness (QED) is 0.782. The summed E-state index contributed by atoms with van der Waals surface area (Å²) in [4.78, 5) is 13.9. The average molecular weight is 273 g/mol. The lowest BCUT2D eigenvalue weighted by Gasteiger charge is -2.28. The summed E-state index contributed by atoms with van der Waals surface area (Å²) in [7, 11) is 0. The number of hydrogen-bond acceptors (Lipinski definition) is 3. The second kappa shape index (κ2) is 7.58. The topological polar surface area (TPSA) is 44.4 Å². The number of anilines is 2. The van der Waals surface area contributed by atoms with E-state index in [2.05, 4.69) is 34.2 Å². The molecule has 0 aromatic heterocycles. The minimum absolute atomic E-state index is 0.0231. The van der Waals surface area contributed by atoms with Crippen LogP contribution >= 0.6 is 0 Å². The summed E-state index contributed by atoms with van der Waals surface area (Å²) in [5, 5.41) is 5.86. The third kappa shape index (κ3) is 4.30. The van der Waals surface area contributed by atoms with Gasteiger partial charge in [-0.1, -0.05) is 6.08 Å². The van der Waals surface area contributed by atoms with Gasteiger partial charge in [-0.15, -0.1) is 6.58 Å². The molecular weight excluding hydrogens is 250 g/mol. The minimum Gasteiger partial charge on any atom is -0.376 e. The predicted octanol–water partition coefficient (Wildman–Crippen LogP) is 2.39. The maximum Gasteiger partial charge on any atom is 0.239 e. The summed E-state index contributed by atoms with van der Waals surface area (Å²) in [5.41, 5.74) is 2.24. The smallest absolute Gasteiger partial charge is 0.239 e. The molecule has 0 bridgehead atoms. The van der Waals surface area contributed by atoms with Crippen LogP contribution in [-0.4, -0.2) is 32.1 Å². The fraction of sp³-hybridized carbons (Fsp3) is 0.438. The number of carbonyl (C=O) groups is 1. The number of nitrogens with zero attached hydrogens (tertiary/aromatic N) is 1. The van der Waals surface area contributed by atoms with Crippen molar-refractivity contribution < 1.29 is 4.79 Å². The number of benzene rings is 1. The fourth-order valence-corrected chi connectivity index (χ4v) is 2.37. The Morgan fingerprint density at radius 3 is 2.55 bits per heavy atom. The molecule has 1 aliphatic heterocycles. The van der Waals surface area contributed by atoms with Gasteiger partial charge in [-0.2, -0.15) is 0 Å². The van der Waals surface area contributed by atoms with Crippen LogP contribution in [0.3, 0.4) is 0 Å². The second-order valence-corrected chi connectivity index (χ2v) is 5.04. The number of carbonyl (C=O) groups excluding carboxylic acids is 1. The Labute approximate surface area is 120 Å². The molecule has 0 radical (unpaired) electrons. The summed E-state index contributed by atoms with van der Waals surface area (Å²) in [5.74, 6) is -0.0231.